The predicted molar refractivity (Wildman–Crippen MR) is 137 cm³/mol. The molecule has 6 nitrogen and oxygen atoms in total. The first-order valence-electron chi connectivity index (χ1n) is 10.9. The molecule has 0 atom stereocenters. The summed E-state index contributed by atoms with van der Waals surface area (Å²) in [5.41, 5.74) is 3.87. The minimum Gasteiger partial charge on any atom is -0.386 e. The second-order valence-corrected chi connectivity index (χ2v) is 9.14. The third-order valence-corrected chi connectivity index (χ3v) is 5.95. The van der Waals surface area contributed by atoms with Crippen LogP contribution in [0.25, 0.3) is 0 Å². The molecule has 0 N–H and O–H groups in total. The van der Waals surface area contributed by atoms with Gasteiger partial charge in [0.1, 0.15) is 17.2 Å². The van der Waals surface area contributed by atoms with Crippen molar-refractivity contribution in [1.29, 1.82) is 0 Å². The van der Waals surface area contributed by atoms with Crippen molar-refractivity contribution in [2.45, 2.75) is 20.8 Å². The normalized spacial score (nSPS) is 10.3. The Hall–Kier alpha value is -4.11. The lowest BCUT2D eigenvalue weighted by atomic mass is 10.2. The second kappa shape index (κ2) is 12.4. The van der Waals surface area contributed by atoms with E-state index < -0.39 is 7.82 Å². The van der Waals surface area contributed by atoms with Crippen LogP contribution in [-0.4, -0.2) is 6.08 Å². The van der Waals surface area contributed by atoms with E-state index in [1.807, 2.05) is 75.4 Å². The zero-order chi connectivity index (χ0) is 25.1. The third kappa shape index (κ3) is 8.63. The maximum atomic E-state index is 13.3. The van der Waals surface area contributed by atoms with Gasteiger partial charge in [-0.25, -0.2) is 4.79 Å². The Morgan fingerprint density at radius 3 is 1.23 bits per heavy atom. The molecule has 0 amide bonds. The molecule has 0 saturated heterocycles. The molecule has 0 aliphatic heterocycles. The molecular weight excluding hydrogens is 461 g/mol. The van der Waals surface area contributed by atoms with Gasteiger partial charge in [-0.3, -0.25) is 0 Å². The molecule has 178 valence electrons. The molecule has 0 bridgehead atoms. The minimum absolute atomic E-state index is 0.415. The standard InChI is InChI=1S/C21H21O4P.C7H5NO/c1-16-4-10-19(11-5-16)23-26(22,24-20-12-6-17(2)7-13-20)25-21-14-8-18(3)9-15-21;9-6-8-7-4-2-1-3-5-7/h4-15H,1-3H3;1-5H. The second-order valence-electron chi connectivity index (χ2n) is 7.70. The Bertz CT molecular complexity index is 1180. The molecule has 4 aromatic rings. The minimum atomic E-state index is -3.93. The Morgan fingerprint density at radius 1 is 0.571 bits per heavy atom. The summed E-state index contributed by atoms with van der Waals surface area (Å²) in [5.74, 6) is 1.24. The summed E-state index contributed by atoms with van der Waals surface area (Å²) >= 11 is 0. The van der Waals surface area contributed by atoms with E-state index >= 15 is 0 Å². The molecule has 0 unspecified atom stereocenters. The van der Waals surface area contributed by atoms with Crippen LogP contribution in [0.1, 0.15) is 16.7 Å². The Morgan fingerprint density at radius 2 is 0.914 bits per heavy atom. The van der Waals surface area contributed by atoms with Crippen molar-refractivity contribution in [2.75, 3.05) is 0 Å². The number of rotatable bonds is 7. The van der Waals surface area contributed by atoms with Gasteiger partial charge in [0.15, 0.2) is 0 Å². The Labute approximate surface area is 205 Å². The van der Waals surface area contributed by atoms with E-state index in [1.54, 1.807) is 48.5 Å². The summed E-state index contributed by atoms with van der Waals surface area (Å²) in [6.07, 6.45) is 1.46. The number of aryl methyl sites for hydroxylation is 3. The molecule has 0 radical (unpaired) electrons. The number of phosphoric ester groups is 1. The third-order valence-electron chi connectivity index (χ3n) is 4.65. The summed E-state index contributed by atoms with van der Waals surface area (Å²) in [7, 11) is -3.93. The lowest BCUT2D eigenvalue weighted by Crippen LogP contribution is -2.07. The lowest BCUT2D eigenvalue weighted by molar-refractivity contribution is 0.298. The van der Waals surface area contributed by atoms with E-state index in [2.05, 4.69) is 4.99 Å². The molecule has 7 heteroatoms. The highest BCUT2D eigenvalue weighted by Gasteiger charge is 2.33. The van der Waals surface area contributed by atoms with Crippen LogP contribution in [0.5, 0.6) is 17.2 Å². The summed E-state index contributed by atoms with van der Waals surface area (Å²) in [6.45, 7) is 5.90. The van der Waals surface area contributed by atoms with E-state index in [0.29, 0.717) is 22.9 Å². The molecule has 0 aromatic heterocycles. The highest BCUT2D eigenvalue weighted by molar-refractivity contribution is 7.49. The number of phosphoric acid groups is 1. The molecule has 35 heavy (non-hydrogen) atoms. The van der Waals surface area contributed by atoms with Crippen molar-refractivity contribution in [3.63, 3.8) is 0 Å². The van der Waals surface area contributed by atoms with Gasteiger partial charge in [0, 0.05) is 0 Å². The highest BCUT2D eigenvalue weighted by atomic mass is 31.2. The van der Waals surface area contributed by atoms with E-state index in [1.165, 1.54) is 6.08 Å². The van der Waals surface area contributed by atoms with Gasteiger partial charge < -0.3 is 13.6 Å². The molecule has 0 fully saturated rings. The number of carbonyl (C=O) groups excluding carboxylic acids is 1. The maximum Gasteiger partial charge on any atom is 0.647 e. The van der Waals surface area contributed by atoms with Crippen molar-refractivity contribution >= 4 is 19.6 Å². The molecule has 4 aromatic carbocycles. The van der Waals surface area contributed by atoms with Crippen molar-refractivity contribution in [2.24, 2.45) is 4.99 Å². The summed E-state index contributed by atoms with van der Waals surface area (Å²) in [6, 6.07) is 30.6. The first-order valence-corrected chi connectivity index (χ1v) is 12.3. The van der Waals surface area contributed by atoms with Gasteiger partial charge in [0.05, 0.1) is 5.69 Å². The topological polar surface area (TPSA) is 74.2 Å². The fraction of sp³-hybridized carbons (Fsp3) is 0.107. The first-order chi connectivity index (χ1) is 16.8. The molecule has 0 heterocycles. The van der Waals surface area contributed by atoms with Gasteiger partial charge in [-0.15, -0.1) is 0 Å². The van der Waals surface area contributed by atoms with Crippen molar-refractivity contribution in [3.05, 3.63) is 120 Å². The SMILES string of the molecule is Cc1ccc(OP(=O)(Oc2ccc(C)cc2)Oc2ccc(C)cc2)cc1.O=C=Nc1ccccc1. The number of hydrogen-bond acceptors (Lipinski definition) is 6. The molecular formula is C28H26NO5P. The van der Waals surface area contributed by atoms with E-state index in [9.17, 15) is 9.36 Å². The van der Waals surface area contributed by atoms with Gasteiger partial charge in [0.2, 0.25) is 6.08 Å². The zero-order valence-corrected chi connectivity index (χ0v) is 20.6. The number of isocyanates is 1. The van der Waals surface area contributed by atoms with Crippen LogP contribution in [0.15, 0.2) is 108 Å². The highest BCUT2D eigenvalue weighted by Crippen LogP contribution is 2.49. The number of nitrogens with zero attached hydrogens (tertiary/aromatic N) is 1. The first kappa shape index (κ1) is 25.5. The van der Waals surface area contributed by atoms with Gasteiger partial charge in [-0.1, -0.05) is 71.3 Å². The van der Waals surface area contributed by atoms with E-state index in [-0.39, 0.29) is 0 Å². The summed E-state index contributed by atoms with van der Waals surface area (Å²) < 4.78 is 30.2. The average Bonchev–Trinajstić information content (AvgIpc) is 2.85. The van der Waals surface area contributed by atoms with E-state index in [0.717, 1.165) is 16.7 Å². The summed E-state index contributed by atoms with van der Waals surface area (Å²) in [4.78, 5) is 13.1. The summed E-state index contributed by atoms with van der Waals surface area (Å²) in [5, 5.41) is 0. The Balaban J connectivity index is 0.000000320. The maximum absolute atomic E-state index is 13.3. The van der Waals surface area contributed by atoms with Gasteiger partial charge in [-0.2, -0.15) is 9.56 Å². The fourth-order valence-electron chi connectivity index (χ4n) is 2.80. The monoisotopic (exact) mass is 487 g/mol. The molecule has 0 spiro atoms. The molecule has 4 rings (SSSR count). The average molecular weight is 487 g/mol. The van der Waals surface area contributed by atoms with Crippen LogP contribution in [0.2, 0.25) is 0 Å². The van der Waals surface area contributed by atoms with Crippen LogP contribution in [-0.2, 0) is 9.36 Å². The molecule has 0 aliphatic rings. The van der Waals surface area contributed by atoms with E-state index in [4.69, 9.17) is 13.6 Å². The van der Waals surface area contributed by atoms with Crippen molar-refractivity contribution < 1.29 is 22.9 Å². The van der Waals surface area contributed by atoms with Crippen molar-refractivity contribution in [1.82, 2.24) is 0 Å². The van der Waals surface area contributed by atoms with Gasteiger partial charge in [0.25, 0.3) is 0 Å². The number of hydrogen-bond donors (Lipinski definition) is 0. The molecule has 0 aliphatic carbocycles. The van der Waals surface area contributed by atoms with Crippen molar-refractivity contribution in [3.8, 4) is 17.2 Å². The smallest absolute Gasteiger partial charge is 0.386 e. The quantitative estimate of drug-likeness (QED) is 0.150. The Kier molecular flexibility index (Phi) is 9.02. The van der Waals surface area contributed by atoms with Crippen LogP contribution in [0.4, 0.5) is 5.69 Å². The number of para-hydroxylation sites is 1. The lowest BCUT2D eigenvalue weighted by Gasteiger charge is -2.19. The largest absolute Gasteiger partial charge is 0.647 e. The van der Waals surface area contributed by atoms with Gasteiger partial charge in [-0.05, 0) is 69.3 Å². The number of aliphatic imine (C=N–C) groups is 1. The van der Waals surface area contributed by atoms with Crippen LogP contribution in [0.3, 0.4) is 0 Å². The van der Waals surface area contributed by atoms with Crippen LogP contribution in [0, 0.1) is 20.8 Å². The fourth-order valence-corrected chi connectivity index (χ4v) is 4.05. The van der Waals surface area contributed by atoms with Crippen LogP contribution >= 0.6 is 7.82 Å². The predicted octanol–water partition coefficient (Wildman–Crippen LogP) is 7.91. The zero-order valence-electron chi connectivity index (χ0n) is 19.8. The number of benzene rings is 4. The van der Waals surface area contributed by atoms with Crippen LogP contribution < -0.4 is 13.6 Å². The molecule has 0 saturated carbocycles. The van der Waals surface area contributed by atoms with Gasteiger partial charge >= 0.3 is 7.82 Å².